The fourth-order valence-corrected chi connectivity index (χ4v) is 3.68. The van der Waals surface area contributed by atoms with Crippen LogP contribution in [0.2, 0.25) is 0 Å². The quantitative estimate of drug-likeness (QED) is 0.639. The van der Waals surface area contributed by atoms with Crippen molar-refractivity contribution in [3.63, 3.8) is 0 Å². The standard InChI is InChI=1S/C13H9NO2S3/c15-12-11(7-10-4-2-6-18-10)19-13(17)14(12)8-9-3-1-5-16-9/h1-7H,8H2/b11-7-. The van der Waals surface area contributed by atoms with E-state index in [9.17, 15) is 4.79 Å². The van der Waals surface area contributed by atoms with Gasteiger partial charge in [0.15, 0.2) is 0 Å². The summed E-state index contributed by atoms with van der Waals surface area (Å²) in [6.07, 6.45) is 3.47. The predicted molar refractivity (Wildman–Crippen MR) is 81.7 cm³/mol. The number of hydrogen-bond acceptors (Lipinski definition) is 5. The number of furan rings is 1. The van der Waals surface area contributed by atoms with E-state index in [1.54, 1.807) is 28.6 Å². The van der Waals surface area contributed by atoms with E-state index < -0.39 is 0 Å². The second-order valence-corrected chi connectivity index (χ2v) is 6.52. The fourth-order valence-electron chi connectivity index (χ4n) is 1.70. The van der Waals surface area contributed by atoms with Gasteiger partial charge >= 0.3 is 0 Å². The summed E-state index contributed by atoms with van der Waals surface area (Å²) in [6, 6.07) is 7.57. The van der Waals surface area contributed by atoms with Gasteiger partial charge in [0.25, 0.3) is 5.91 Å². The number of hydrogen-bond donors (Lipinski definition) is 0. The highest BCUT2D eigenvalue weighted by atomic mass is 32.2. The Morgan fingerprint density at radius 2 is 2.26 bits per heavy atom. The highest BCUT2D eigenvalue weighted by Gasteiger charge is 2.32. The van der Waals surface area contributed by atoms with E-state index in [1.165, 1.54) is 11.8 Å². The van der Waals surface area contributed by atoms with Gasteiger partial charge in [-0.2, -0.15) is 0 Å². The molecule has 6 heteroatoms. The number of thiocarbonyl (C=S) groups is 1. The van der Waals surface area contributed by atoms with E-state index in [0.29, 0.717) is 15.8 Å². The maximum atomic E-state index is 12.3. The van der Waals surface area contributed by atoms with Crippen molar-refractivity contribution < 1.29 is 9.21 Å². The van der Waals surface area contributed by atoms with Crippen molar-refractivity contribution in [1.29, 1.82) is 0 Å². The Labute approximate surface area is 123 Å². The molecule has 1 fully saturated rings. The molecule has 0 saturated carbocycles. The van der Waals surface area contributed by atoms with E-state index >= 15 is 0 Å². The number of carbonyl (C=O) groups is 1. The molecule has 0 aromatic carbocycles. The van der Waals surface area contributed by atoms with Crippen molar-refractivity contribution in [3.8, 4) is 0 Å². The van der Waals surface area contributed by atoms with Gasteiger partial charge in [-0.05, 0) is 29.7 Å². The first-order chi connectivity index (χ1) is 9.24. The zero-order valence-corrected chi connectivity index (χ0v) is 12.2. The van der Waals surface area contributed by atoms with Gasteiger partial charge in [-0.1, -0.05) is 30.0 Å². The number of carbonyl (C=O) groups excluding carboxylic acids is 1. The molecule has 0 radical (unpaired) electrons. The molecule has 0 unspecified atom stereocenters. The van der Waals surface area contributed by atoms with E-state index in [2.05, 4.69) is 0 Å². The Morgan fingerprint density at radius 1 is 1.37 bits per heavy atom. The van der Waals surface area contributed by atoms with Crippen LogP contribution in [0.5, 0.6) is 0 Å². The first-order valence-electron chi connectivity index (χ1n) is 5.55. The van der Waals surface area contributed by atoms with Gasteiger partial charge in [0.05, 0.1) is 17.7 Å². The van der Waals surface area contributed by atoms with Gasteiger partial charge < -0.3 is 4.42 Å². The smallest absolute Gasteiger partial charge is 0.266 e. The normalized spacial score (nSPS) is 17.7. The molecule has 1 aliphatic rings. The minimum absolute atomic E-state index is 0.0557. The Balaban J connectivity index is 1.81. The molecule has 0 atom stereocenters. The van der Waals surface area contributed by atoms with Crippen molar-refractivity contribution in [1.82, 2.24) is 4.90 Å². The topological polar surface area (TPSA) is 33.5 Å². The molecule has 0 spiro atoms. The zero-order chi connectivity index (χ0) is 13.2. The maximum Gasteiger partial charge on any atom is 0.266 e. The minimum atomic E-state index is -0.0557. The van der Waals surface area contributed by atoms with E-state index in [1.807, 2.05) is 29.7 Å². The number of amides is 1. The minimum Gasteiger partial charge on any atom is -0.467 e. The predicted octanol–water partition coefficient (Wildman–Crippen LogP) is 3.74. The SMILES string of the molecule is O=C1/C(=C/c2cccs2)SC(=S)N1Cc1ccco1. The first kappa shape index (κ1) is 12.7. The Morgan fingerprint density at radius 3 is 2.95 bits per heavy atom. The maximum absolute atomic E-state index is 12.3. The van der Waals surface area contributed by atoms with Crippen LogP contribution < -0.4 is 0 Å². The van der Waals surface area contributed by atoms with Gasteiger partial charge in [0.2, 0.25) is 0 Å². The summed E-state index contributed by atoms with van der Waals surface area (Å²) in [4.78, 5) is 15.6. The lowest BCUT2D eigenvalue weighted by molar-refractivity contribution is -0.122. The third kappa shape index (κ3) is 2.65. The highest BCUT2D eigenvalue weighted by molar-refractivity contribution is 8.26. The Bertz CT molecular complexity index is 629. The van der Waals surface area contributed by atoms with Crippen molar-refractivity contribution in [2.75, 3.05) is 0 Å². The second-order valence-electron chi connectivity index (χ2n) is 3.86. The molecule has 2 aromatic heterocycles. The molecule has 1 amide bonds. The Kier molecular flexibility index (Phi) is 3.54. The van der Waals surface area contributed by atoms with E-state index in [-0.39, 0.29) is 5.91 Å². The number of rotatable bonds is 3. The van der Waals surface area contributed by atoms with Crippen LogP contribution >= 0.6 is 35.3 Å². The van der Waals surface area contributed by atoms with Crippen LogP contribution in [-0.4, -0.2) is 15.1 Å². The lowest BCUT2D eigenvalue weighted by atomic mass is 10.3. The third-order valence-electron chi connectivity index (χ3n) is 2.58. The highest BCUT2D eigenvalue weighted by Crippen LogP contribution is 2.34. The van der Waals surface area contributed by atoms with Crippen molar-refractivity contribution in [2.45, 2.75) is 6.54 Å². The van der Waals surface area contributed by atoms with Crippen molar-refractivity contribution in [2.24, 2.45) is 0 Å². The van der Waals surface area contributed by atoms with Gasteiger partial charge in [-0.25, -0.2) is 0 Å². The fraction of sp³-hybridized carbons (Fsp3) is 0.0769. The average Bonchev–Trinajstić information content (AvgIpc) is 3.10. The monoisotopic (exact) mass is 307 g/mol. The second kappa shape index (κ2) is 5.32. The summed E-state index contributed by atoms with van der Waals surface area (Å²) in [5.74, 6) is 0.675. The molecular weight excluding hydrogens is 298 g/mol. The average molecular weight is 307 g/mol. The number of thiophene rings is 1. The van der Waals surface area contributed by atoms with E-state index in [4.69, 9.17) is 16.6 Å². The zero-order valence-electron chi connectivity index (χ0n) is 9.74. The summed E-state index contributed by atoms with van der Waals surface area (Å²) in [6.45, 7) is 0.388. The largest absolute Gasteiger partial charge is 0.467 e. The molecule has 0 bridgehead atoms. The van der Waals surface area contributed by atoms with Crippen LogP contribution in [0.3, 0.4) is 0 Å². The Hall–Kier alpha value is -1.37. The summed E-state index contributed by atoms with van der Waals surface area (Å²) in [7, 11) is 0. The van der Waals surface area contributed by atoms with Crippen molar-refractivity contribution >= 4 is 51.6 Å². The molecule has 3 nitrogen and oxygen atoms in total. The van der Waals surface area contributed by atoms with Crippen LogP contribution in [-0.2, 0) is 11.3 Å². The summed E-state index contributed by atoms with van der Waals surface area (Å²) < 4.78 is 5.83. The van der Waals surface area contributed by atoms with Crippen LogP contribution in [0, 0.1) is 0 Å². The lowest BCUT2D eigenvalue weighted by Crippen LogP contribution is -2.27. The van der Waals surface area contributed by atoms with Gasteiger partial charge in [0.1, 0.15) is 10.1 Å². The van der Waals surface area contributed by atoms with Gasteiger partial charge in [0, 0.05) is 4.88 Å². The van der Waals surface area contributed by atoms with Gasteiger partial charge in [-0.15, -0.1) is 11.3 Å². The molecule has 1 aliphatic heterocycles. The molecular formula is C13H9NO2S3. The molecule has 0 N–H and O–H groups in total. The molecule has 0 aliphatic carbocycles. The third-order valence-corrected chi connectivity index (χ3v) is 4.78. The molecule has 96 valence electrons. The van der Waals surface area contributed by atoms with Crippen LogP contribution in [0.15, 0.2) is 45.2 Å². The summed E-state index contributed by atoms with van der Waals surface area (Å²) in [5, 5.41) is 1.98. The molecule has 2 aromatic rings. The van der Waals surface area contributed by atoms with Gasteiger partial charge in [-0.3, -0.25) is 9.69 Å². The van der Waals surface area contributed by atoms with Crippen LogP contribution in [0.25, 0.3) is 6.08 Å². The van der Waals surface area contributed by atoms with E-state index in [0.717, 1.165) is 10.6 Å². The summed E-state index contributed by atoms with van der Waals surface area (Å²) in [5.41, 5.74) is 0. The molecule has 3 heterocycles. The molecule has 1 saturated heterocycles. The molecule has 19 heavy (non-hydrogen) atoms. The number of thioether (sulfide) groups is 1. The van der Waals surface area contributed by atoms with Crippen molar-refractivity contribution in [3.05, 3.63) is 51.5 Å². The van der Waals surface area contributed by atoms with Crippen LogP contribution in [0.4, 0.5) is 0 Å². The first-order valence-corrected chi connectivity index (χ1v) is 7.66. The lowest BCUT2D eigenvalue weighted by Gasteiger charge is -2.11. The number of nitrogens with zero attached hydrogens (tertiary/aromatic N) is 1. The molecule has 3 rings (SSSR count). The summed E-state index contributed by atoms with van der Waals surface area (Å²) >= 11 is 8.19. The van der Waals surface area contributed by atoms with Crippen LogP contribution in [0.1, 0.15) is 10.6 Å².